The van der Waals surface area contributed by atoms with Gasteiger partial charge in [0.15, 0.2) is 0 Å². The average Bonchev–Trinajstić information content (AvgIpc) is 3.15. The first-order valence-corrected chi connectivity index (χ1v) is 11.9. The van der Waals surface area contributed by atoms with E-state index in [0.717, 1.165) is 54.8 Å². The summed E-state index contributed by atoms with van der Waals surface area (Å²) in [6.07, 6.45) is 3.64. The molecule has 1 heterocycles. The largest absolute Gasteiger partial charge is 0.493 e. The van der Waals surface area contributed by atoms with Crippen molar-refractivity contribution in [1.82, 2.24) is 14.9 Å². The van der Waals surface area contributed by atoms with Gasteiger partial charge in [-0.25, -0.2) is 4.98 Å². The molecule has 2 aromatic carbocycles. The molecule has 1 aromatic heterocycles. The Morgan fingerprint density at radius 1 is 1.09 bits per heavy atom. The fraction of sp³-hybridized carbons (Fsp3) is 0.481. The zero-order valence-corrected chi connectivity index (χ0v) is 20.1. The molecule has 1 N–H and O–H groups in total. The van der Waals surface area contributed by atoms with Crippen molar-refractivity contribution in [3.8, 4) is 5.75 Å². The van der Waals surface area contributed by atoms with E-state index in [4.69, 9.17) is 9.72 Å². The van der Waals surface area contributed by atoms with E-state index in [2.05, 4.69) is 61.8 Å². The van der Waals surface area contributed by atoms with Crippen LogP contribution in [0.5, 0.6) is 5.75 Å². The first-order valence-electron chi connectivity index (χ1n) is 11.9. The Balaban J connectivity index is 1.66. The predicted octanol–water partition coefficient (Wildman–Crippen LogP) is 6.13. The predicted molar refractivity (Wildman–Crippen MR) is 131 cm³/mol. The highest BCUT2D eigenvalue weighted by Crippen LogP contribution is 2.23. The van der Waals surface area contributed by atoms with E-state index in [9.17, 15) is 4.79 Å². The normalized spacial score (nSPS) is 12.3. The zero-order valence-electron chi connectivity index (χ0n) is 20.1. The lowest BCUT2D eigenvalue weighted by molar-refractivity contribution is -0.125. The van der Waals surface area contributed by atoms with Crippen LogP contribution >= 0.6 is 0 Å². The maximum Gasteiger partial charge on any atom is 0.223 e. The molecule has 1 unspecified atom stereocenters. The second-order valence-corrected chi connectivity index (χ2v) is 8.68. The zero-order chi connectivity index (χ0) is 23.1. The molecule has 3 rings (SSSR count). The molecule has 0 radical (unpaired) electrons. The Bertz CT molecular complexity index is 1040. The maximum absolute atomic E-state index is 12.6. The molecule has 0 bridgehead atoms. The van der Waals surface area contributed by atoms with Crippen molar-refractivity contribution in [3.63, 3.8) is 0 Å². The summed E-state index contributed by atoms with van der Waals surface area (Å²) in [5.74, 6) is 2.05. The Morgan fingerprint density at radius 3 is 2.59 bits per heavy atom. The van der Waals surface area contributed by atoms with Crippen LogP contribution in [0.1, 0.15) is 69.4 Å². The average molecular weight is 436 g/mol. The van der Waals surface area contributed by atoms with Crippen molar-refractivity contribution in [2.24, 2.45) is 5.92 Å². The number of benzene rings is 2. The summed E-state index contributed by atoms with van der Waals surface area (Å²) in [7, 11) is 0. The van der Waals surface area contributed by atoms with Gasteiger partial charge in [0.1, 0.15) is 11.6 Å². The van der Waals surface area contributed by atoms with Crippen molar-refractivity contribution in [3.05, 3.63) is 59.4 Å². The number of rotatable bonds is 11. The van der Waals surface area contributed by atoms with Gasteiger partial charge in [0.25, 0.3) is 0 Å². The molecule has 0 aliphatic heterocycles. The lowest BCUT2D eigenvalue weighted by Crippen LogP contribution is -2.33. The molecule has 5 heteroatoms. The van der Waals surface area contributed by atoms with Crippen LogP contribution in [0.3, 0.4) is 0 Å². The molecule has 0 saturated heterocycles. The summed E-state index contributed by atoms with van der Waals surface area (Å²) >= 11 is 0. The van der Waals surface area contributed by atoms with Gasteiger partial charge in [0, 0.05) is 12.5 Å². The molecule has 3 aromatic rings. The Hall–Kier alpha value is -2.82. The van der Waals surface area contributed by atoms with E-state index < -0.39 is 0 Å². The number of para-hydroxylation sites is 2. The number of fused-ring (bicyclic) bond motifs is 1. The number of ether oxygens (including phenoxy) is 1. The fourth-order valence-electron chi connectivity index (χ4n) is 4.13. The van der Waals surface area contributed by atoms with Crippen LogP contribution in [0.25, 0.3) is 11.0 Å². The van der Waals surface area contributed by atoms with Gasteiger partial charge in [-0.3, -0.25) is 4.79 Å². The van der Waals surface area contributed by atoms with Crippen LogP contribution in [0.15, 0.2) is 42.5 Å². The monoisotopic (exact) mass is 435 g/mol. The Labute approximate surface area is 192 Å². The second kappa shape index (κ2) is 11.2. The fourth-order valence-corrected chi connectivity index (χ4v) is 4.13. The highest BCUT2D eigenvalue weighted by atomic mass is 16.5. The van der Waals surface area contributed by atoms with Gasteiger partial charge in [0.05, 0.1) is 23.7 Å². The molecule has 32 heavy (non-hydrogen) atoms. The summed E-state index contributed by atoms with van der Waals surface area (Å²) in [6, 6.07) is 14.4. The van der Waals surface area contributed by atoms with Crippen molar-refractivity contribution >= 4 is 16.9 Å². The molecule has 1 atom stereocenters. The summed E-state index contributed by atoms with van der Waals surface area (Å²) in [6.45, 7) is 11.9. The topological polar surface area (TPSA) is 56.2 Å². The smallest absolute Gasteiger partial charge is 0.223 e. The third-order valence-corrected chi connectivity index (χ3v) is 6.16. The molecular formula is C27H37N3O2. The minimum absolute atomic E-state index is 0.0532. The minimum atomic E-state index is -0.137. The lowest BCUT2D eigenvalue weighted by atomic mass is 10.0. The molecular weight excluding hydrogens is 398 g/mol. The van der Waals surface area contributed by atoms with Gasteiger partial charge in [0.2, 0.25) is 5.91 Å². The van der Waals surface area contributed by atoms with Gasteiger partial charge < -0.3 is 14.6 Å². The van der Waals surface area contributed by atoms with Gasteiger partial charge in [-0.2, -0.15) is 0 Å². The maximum atomic E-state index is 12.6. The van der Waals surface area contributed by atoms with Crippen molar-refractivity contribution in [2.75, 3.05) is 6.61 Å². The van der Waals surface area contributed by atoms with Gasteiger partial charge in [-0.15, -0.1) is 0 Å². The molecule has 172 valence electrons. The first kappa shape index (κ1) is 23.8. The molecule has 0 saturated carbocycles. The number of nitrogens with zero attached hydrogens (tertiary/aromatic N) is 2. The van der Waals surface area contributed by atoms with E-state index in [-0.39, 0.29) is 17.9 Å². The molecule has 0 aliphatic carbocycles. The number of unbranched alkanes of at least 4 members (excludes halogenated alkanes) is 1. The standard InChI is InChI=1S/C27H37N3O2/c1-6-22(7-2)27(31)28-21(5)26-29-23-12-8-9-13-24(23)30(26)16-10-11-17-32-25-18-19(3)14-15-20(25)4/h8-9,12-15,18,21-22H,6-7,10-11,16-17H2,1-5H3,(H,28,31). The van der Waals surface area contributed by atoms with Crippen LogP contribution < -0.4 is 10.1 Å². The summed E-state index contributed by atoms with van der Waals surface area (Å²) in [5, 5.41) is 3.19. The number of hydrogen-bond donors (Lipinski definition) is 1. The van der Waals surface area contributed by atoms with E-state index in [1.54, 1.807) is 0 Å². The van der Waals surface area contributed by atoms with E-state index in [1.165, 1.54) is 11.1 Å². The summed E-state index contributed by atoms with van der Waals surface area (Å²) < 4.78 is 8.28. The number of carbonyl (C=O) groups excluding carboxylic acids is 1. The highest BCUT2D eigenvalue weighted by Gasteiger charge is 2.21. The van der Waals surface area contributed by atoms with Crippen LogP contribution in [0.4, 0.5) is 0 Å². The molecule has 5 nitrogen and oxygen atoms in total. The van der Waals surface area contributed by atoms with Crippen molar-refractivity contribution < 1.29 is 9.53 Å². The third kappa shape index (κ3) is 5.70. The van der Waals surface area contributed by atoms with E-state index >= 15 is 0 Å². The minimum Gasteiger partial charge on any atom is -0.493 e. The summed E-state index contributed by atoms with van der Waals surface area (Å²) in [4.78, 5) is 17.5. The number of nitrogens with one attached hydrogen (secondary N) is 1. The number of carbonyl (C=O) groups is 1. The SMILES string of the molecule is CCC(CC)C(=O)NC(C)c1nc2ccccc2n1CCCCOc1cc(C)ccc1C. The Morgan fingerprint density at radius 2 is 1.84 bits per heavy atom. The van der Waals surface area contributed by atoms with Gasteiger partial charge in [-0.05, 0) is 75.8 Å². The molecule has 0 spiro atoms. The third-order valence-electron chi connectivity index (χ3n) is 6.16. The number of aromatic nitrogens is 2. The first-order chi connectivity index (χ1) is 15.4. The van der Waals surface area contributed by atoms with Crippen molar-refractivity contribution in [2.45, 2.75) is 72.9 Å². The number of amides is 1. The molecule has 0 aliphatic rings. The lowest BCUT2D eigenvalue weighted by Gasteiger charge is -2.19. The number of hydrogen-bond acceptors (Lipinski definition) is 3. The van der Waals surface area contributed by atoms with Crippen LogP contribution in [0, 0.1) is 19.8 Å². The number of aryl methyl sites for hydroxylation is 3. The second-order valence-electron chi connectivity index (χ2n) is 8.68. The van der Waals surface area contributed by atoms with Gasteiger partial charge in [-0.1, -0.05) is 38.1 Å². The quantitative estimate of drug-likeness (QED) is 0.369. The van der Waals surface area contributed by atoms with Crippen LogP contribution in [-0.2, 0) is 11.3 Å². The summed E-state index contributed by atoms with van der Waals surface area (Å²) in [5.41, 5.74) is 4.46. The van der Waals surface area contributed by atoms with E-state index in [0.29, 0.717) is 6.61 Å². The van der Waals surface area contributed by atoms with E-state index in [1.807, 2.05) is 25.1 Å². The Kier molecular flexibility index (Phi) is 8.32. The van der Waals surface area contributed by atoms with Crippen molar-refractivity contribution in [1.29, 1.82) is 0 Å². The molecule has 1 amide bonds. The number of imidazole rings is 1. The van der Waals surface area contributed by atoms with Crippen LogP contribution in [0.2, 0.25) is 0 Å². The van der Waals surface area contributed by atoms with Crippen LogP contribution in [-0.4, -0.2) is 22.1 Å². The highest BCUT2D eigenvalue weighted by molar-refractivity contribution is 5.79. The molecule has 0 fully saturated rings. The van der Waals surface area contributed by atoms with Gasteiger partial charge >= 0.3 is 0 Å².